The van der Waals surface area contributed by atoms with Gasteiger partial charge in [0, 0.05) is 37.6 Å². The topological polar surface area (TPSA) is 84.3 Å². The number of hydrogen-bond donors (Lipinski definition) is 1. The fourth-order valence-electron chi connectivity index (χ4n) is 4.18. The number of sulfonamides is 1. The number of rotatable bonds is 6. The van der Waals surface area contributed by atoms with Gasteiger partial charge in [-0.2, -0.15) is 4.31 Å². The van der Waals surface area contributed by atoms with Crippen molar-refractivity contribution in [2.45, 2.75) is 45.1 Å². The van der Waals surface area contributed by atoms with Crippen molar-refractivity contribution in [3.05, 3.63) is 77.4 Å². The third-order valence-corrected chi connectivity index (χ3v) is 8.24. The van der Waals surface area contributed by atoms with Crippen molar-refractivity contribution in [2.24, 2.45) is 5.92 Å². The largest absolute Gasteiger partial charge is 0.348 e. The van der Waals surface area contributed by atoms with Gasteiger partial charge in [0.15, 0.2) is 0 Å². The second kappa shape index (κ2) is 9.49. The number of nitrogens with one attached hydrogen (secondary N) is 1. The van der Waals surface area contributed by atoms with Crippen LogP contribution in [0.3, 0.4) is 0 Å². The molecule has 2 heterocycles. The minimum Gasteiger partial charge on any atom is -0.348 e. The molecule has 1 N–H and O–H groups in total. The average Bonchev–Trinajstić information content (AvgIpc) is 3.23. The van der Waals surface area contributed by atoms with Gasteiger partial charge in [0.2, 0.25) is 10.0 Å². The quantitative estimate of drug-likeness (QED) is 0.598. The molecule has 1 aliphatic heterocycles. The minimum atomic E-state index is -3.62. The van der Waals surface area contributed by atoms with E-state index in [9.17, 15) is 13.2 Å². The molecule has 0 aliphatic carbocycles. The van der Waals surface area contributed by atoms with Crippen LogP contribution >= 0.6 is 0 Å². The Labute approximate surface area is 195 Å². The molecule has 0 bridgehead atoms. The van der Waals surface area contributed by atoms with Gasteiger partial charge < -0.3 is 9.88 Å². The highest BCUT2D eigenvalue weighted by Gasteiger charge is 2.29. The highest BCUT2D eigenvalue weighted by atomic mass is 32.2. The number of imidazole rings is 1. The van der Waals surface area contributed by atoms with E-state index in [1.807, 2.05) is 48.9 Å². The number of amides is 1. The van der Waals surface area contributed by atoms with E-state index in [0.29, 0.717) is 31.1 Å². The number of aromatic nitrogens is 2. The summed E-state index contributed by atoms with van der Waals surface area (Å²) in [7, 11) is -3.62. The summed E-state index contributed by atoms with van der Waals surface area (Å²) >= 11 is 0. The van der Waals surface area contributed by atoms with E-state index in [-0.39, 0.29) is 10.8 Å². The lowest BCUT2D eigenvalue weighted by atomic mass is 10.0. The molecule has 3 aromatic rings. The predicted octanol–water partition coefficient (Wildman–Crippen LogP) is 3.84. The van der Waals surface area contributed by atoms with Gasteiger partial charge >= 0.3 is 0 Å². The lowest BCUT2D eigenvalue weighted by molar-refractivity contribution is 0.0950. The summed E-state index contributed by atoms with van der Waals surface area (Å²) in [6.45, 7) is 7.23. The van der Waals surface area contributed by atoms with E-state index in [1.165, 1.54) is 10.4 Å². The molecule has 1 fully saturated rings. The van der Waals surface area contributed by atoms with E-state index in [4.69, 9.17) is 0 Å². The van der Waals surface area contributed by atoms with Crippen molar-refractivity contribution in [3.8, 4) is 5.69 Å². The van der Waals surface area contributed by atoms with Crippen LogP contribution in [0.4, 0.5) is 0 Å². The fraction of sp³-hybridized carbons (Fsp3) is 0.360. The molecule has 4 rings (SSSR count). The zero-order valence-corrected chi connectivity index (χ0v) is 20.1. The van der Waals surface area contributed by atoms with Crippen LogP contribution in [0, 0.1) is 19.8 Å². The van der Waals surface area contributed by atoms with E-state index in [1.54, 1.807) is 18.3 Å². The van der Waals surface area contributed by atoms with Gasteiger partial charge in [-0.15, -0.1) is 0 Å². The predicted molar refractivity (Wildman–Crippen MR) is 128 cm³/mol. The van der Waals surface area contributed by atoms with Crippen molar-refractivity contribution in [1.82, 2.24) is 19.2 Å². The van der Waals surface area contributed by atoms with Gasteiger partial charge in [-0.3, -0.25) is 4.79 Å². The number of carbonyl (C=O) groups excluding carboxylic acids is 1. The number of aryl methyl sites for hydroxylation is 2. The van der Waals surface area contributed by atoms with Crippen LogP contribution in [0.5, 0.6) is 0 Å². The number of carbonyl (C=O) groups is 1. The van der Waals surface area contributed by atoms with Crippen molar-refractivity contribution >= 4 is 15.9 Å². The molecule has 8 heteroatoms. The maximum absolute atomic E-state index is 13.2. The van der Waals surface area contributed by atoms with Crippen molar-refractivity contribution in [2.75, 3.05) is 13.1 Å². The van der Waals surface area contributed by atoms with Gasteiger partial charge in [-0.25, -0.2) is 13.4 Å². The van der Waals surface area contributed by atoms with E-state index >= 15 is 0 Å². The van der Waals surface area contributed by atoms with Crippen molar-refractivity contribution in [1.29, 1.82) is 0 Å². The average molecular weight is 467 g/mol. The molecule has 1 amide bonds. The molecule has 0 atom stereocenters. The first kappa shape index (κ1) is 23.2. The highest BCUT2D eigenvalue weighted by Crippen LogP contribution is 2.25. The van der Waals surface area contributed by atoms with Crippen molar-refractivity contribution in [3.63, 3.8) is 0 Å². The molecule has 1 saturated heterocycles. The molecule has 33 heavy (non-hydrogen) atoms. The molecule has 7 nitrogen and oxygen atoms in total. The Morgan fingerprint density at radius 1 is 1.12 bits per heavy atom. The first-order valence-corrected chi connectivity index (χ1v) is 12.7. The smallest absolute Gasteiger partial charge is 0.251 e. The number of nitrogens with zero attached hydrogens (tertiary/aromatic N) is 3. The first-order valence-electron chi connectivity index (χ1n) is 11.2. The fourth-order valence-corrected chi connectivity index (χ4v) is 5.68. The van der Waals surface area contributed by atoms with E-state index < -0.39 is 10.0 Å². The van der Waals surface area contributed by atoms with Crippen LogP contribution in [0.15, 0.2) is 59.8 Å². The lowest BCUT2D eigenvalue weighted by Crippen LogP contribution is -2.38. The number of piperidine rings is 1. The molecule has 0 saturated carbocycles. The number of para-hydroxylation sites is 1. The monoisotopic (exact) mass is 466 g/mol. The standard InChI is InChI=1S/C25H30N4O3S/c1-18-10-13-28(14-11-18)33(31,32)22-9-8-19(2)23(16-22)25(30)27-17-21-6-4-5-7-24(21)29-15-12-26-20(29)3/h4-9,12,15-16,18H,10-11,13-14,17H2,1-3H3,(H,27,30). The highest BCUT2D eigenvalue weighted by molar-refractivity contribution is 7.89. The number of hydrogen-bond acceptors (Lipinski definition) is 4. The molecule has 0 unspecified atom stereocenters. The summed E-state index contributed by atoms with van der Waals surface area (Å²) in [5, 5.41) is 2.96. The van der Waals surface area contributed by atoms with E-state index in [2.05, 4.69) is 17.2 Å². The van der Waals surface area contributed by atoms with Crippen LogP contribution in [-0.4, -0.2) is 41.3 Å². The van der Waals surface area contributed by atoms with Gasteiger partial charge in [0.25, 0.3) is 5.91 Å². The van der Waals surface area contributed by atoms with Gasteiger partial charge in [-0.1, -0.05) is 31.2 Å². The SMILES string of the molecule is Cc1ccc(S(=O)(=O)N2CCC(C)CC2)cc1C(=O)NCc1ccccc1-n1ccnc1C. The molecular weight excluding hydrogens is 436 g/mol. The summed E-state index contributed by atoms with van der Waals surface area (Å²) < 4.78 is 29.8. The van der Waals surface area contributed by atoms with E-state index in [0.717, 1.165) is 35.5 Å². The Kier molecular flexibility index (Phi) is 6.67. The second-order valence-corrected chi connectivity index (χ2v) is 10.7. The van der Waals surface area contributed by atoms with Gasteiger partial charge in [-0.05, 0) is 61.9 Å². The van der Waals surface area contributed by atoms with Gasteiger partial charge in [0.05, 0.1) is 10.6 Å². The van der Waals surface area contributed by atoms with Crippen LogP contribution in [0.25, 0.3) is 5.69 Å². The minimum absolute atomic E-state index is 0.169. The van der Waals surface area contributed by atoms with Crippen LogP contribution in [-0.2, 0) is 16.6 Å². The summed E-state index contributed by atoms with van der Waals surface area (Å²) in [6, 6.07) is 12.6. The first-order chi connectivity index (χ1) is 15.8. The maximum atomic E-state index is 13.2. The molecule has 2 aromatic carbocycles. The lowest BCUT2D eigenvalue weighted by Gasteiger charge is -2.29. The second-order valence-electron chi connectivity index (χ2n) is 8.72. The Morgan fingerprint density at radius 3 is 2.55 bits per heavy atom. The zero-order valence-electron chi connectivity index (χ0n) is 19.3. The van der Waals surface area contributed by atoms with Crippen LogP contribution < -0.4 is 5.32 Å². The summed E-state index contributed by atoms with van der Waals surface area (Å²) in [5.41, 5.74) is 2.99. The Bertz CT molecular complexity index is 1260. The third-order valence-electron chi connectivity index (χ3n) is 6.35. The van der Waals surface area contributed by atoms with Crippen molar-refractivity contribution < 1.29 is 13.2 Å². The maximum Gasteiger partial charge on any atom is 0.251 e. The third kappa shape index (κ3) is 4.86. The molecule has 1 aliphatic rings. The normalized spacial score (nSPS) is 15.5. The molecule has 0 radical (unpaired) electrons. The summed E-state index contributed by atoms with van der Waals surface area (Å²) in [5.74, 6) is 1.09. The summed E-state index contributed by atoms with van der Waals surface area (Å²) in [4.78, 5) is 17.5. The Balaban J connectivity index is 1.54. The molecule has 174 valence electrons. The molecule has 1 aromatic heterocycles. The molecule has 0 spiro atoms. The number of benzene rings is 2. The van der Waals surface area contributed by atoms with Crippen LogP contribution in [0.2, 0.25) is 0 Å². The zero-order chi connectivity index (χ0) is 23.6. The Hall–Kier alpha value is -2.97. The summed E-state index contributed by atoms with van der Waals surface area (Å²) in [6.07, 6.45) is 5.33. The van der Waals surface area contributed by atoms with Crippen LogP contribution in [0.1, 0.15) is 47.1 Å². The van der Waals surface area contributed by atoms with Gasteiger partial charge in [0.1, 0.15) is 5.82 Å². The Morgan fingerprint density at radius 2 is 1.85 bits per heavy atom. The molecular formula is C25H30N4O3S.